The summed E-state index contributed by atoms with van der Waals surface area (Å²) in [6, 6.07) is 15.9. The van der Waals surface area contributed by atoms with Gasteiger partial charge in [0.15, 0.2) is 6.61 Å². The molecule has 3 aromatic rings. The average molecular weight is 427 g/mol. The number of amides is 1. The number of rotatable bonds is 8. The summed E-state index contributed by atoms with van der Waals surface area (Å²) in [5, 5.41) is 11.2. The summed E-state index contributed by atoms with van der Waals surface area (Å²) in [4.78, 5) is 24.1. The third kappa shape index (κ3) is 6.10. The van der Waals surface area contributed by atoms with Gasteiger partial charge in [-0.15, -0.1) is 0 Å². The minimum absolute atomic E-state index is 0.126. The number of carbonyl (C=O) groups is 2. The second kappa shape index (κ2) is 10.3. The quantitative estimate of drug-likeness (QED) is 0.535. The van der Waals surface area contributed by atoms with Crippen molar-refractivity contribution in [2.45, 2.75) is 0 Å². The highest BCUT2D eigenvalue weighted by Crippen LogP contribution is 2.24. The summed E-state index contributed by atoms with van der Waals surface area (Å²) in [5.74, 6) is -2.23. The molecule has 0 bridgehead atoms. The van der Waals surface area contributed by atoms with Crippen LogP contribution < -0.4 is 10.1 Å². The molecule has 160 valence electrons. The van der Waals surface area contributed by atoms with Crippen LogP contribution in [0.1, 0.15) is 10.4 Å². The zero-order chi connectivity index (χ0) is 22.2. The maximum atomic E-state index is 14.3. The van der Waals surface area contributed by atoms with Gasteiger partial charge < -0.3 is 19.9 Å². The lowest BCUT2D eigenvalue weighted by atomic mass is 10.0. The SMILES string of the molecule is O=C(COc1cccc(NC(=O)c2cc(-c3cccc(F)c3)ccc2F)c1)OCCO. The molecule has 0 aliphatic heterocycles. The zero-order valence-electron chi connectivity index (χ0n) is 16.3. The first-order valence-electron chi connectivity index (χ1n) is 9.32. The van der Waals surface area contributed by atoms with E-state index in [-0.39, 0.29) is 31.1 Å². The first-order chi connectivity index (χ1) is 15.0. The molecule has 2 N–H and O–H groups in total. The zero-order valence-corrected chi connectivity index (χ0v) is 16.3. The van der Waals surface area contributed by atoms with Crippen LogP contribution in [0.15, 0.2) is 66.7 Å². The van der Waals surface area contributed by atoms with Gasteiger partial charge in [0.1, 0.15) is 24.0 Å². The van der Waals surface area contributed by atoms with E-state index in [0.717, 1.165) is 6.07 Å². The van der Waals surface area contributed by atoms with Crippen LogP contribution in [0.4, 0.5) is 14.5 Å². The Balaban J connectivity index is 1.71. The van der Waals surface area contributed by atoms with Crippen LogP contribution in [0.25, 0.3) is 11.1 Å². The van der Waals surface area contributed by atoms with E-state index in [0.29, 0.717) is 16.8 Å². The Kier molecular flexibility index (Phi) is 7.29. The molecular weight excluding hydrogens is 408 g/mol. The van der Waals surface area contributed by atoms with Crippen LogP contribution in [-0.4, -0.2) is 36.8 Å². The van der Waals surface area contributed by atoms with Crippen LogP contribution in [0.3, 0.4) is 0 Å². The van der Waals surface area contributed by atoms with Crippen molar-refractivity contribution in [1.29, 1.82) is 0 Å². The number of hydrogen-bond acceptors (Lipinski definition) is 5. The second-order valence-corrected chi connectivity index (χ2v) is 6.42. The molecule has 1 amide bonds. The summed E-state index contributed by atoms with van der Waals surface area (Å²) in [6.45, 7) is -0.787. The second-order valence-electron chi connectivity index (χ2n) is 6.42. The van der Waals surface area contributed by atoms with E-state index in [2.05, 4.69) is 10.1 Å². The average Bonchev–Trinajstić information content (AvgIpc) is 2.76. The van der Waals surface area contributed by atoms with Crippen molar-refractivity contribution in [3.05, 3.63) is 83.9 Å². The molecule has 0 heterocycles. The highest BCUT2D eigenvalue weighted by molar-refractivity contribution is 6.05. The molecule has 0 saturated heterocycles. The van der Waals surface area contributed by atoms with Crippen LogP contribution >= 0.6 is 0 Å². The molecule has 31 heavy (non-hydrogen) atoms. The van der Waals surface area contributed by atoms with Gasteiger partial charge in [0.2, 0.25) is 0 Å². The molecule has 0 unspecified atom stereocenters. The van der Waals surface area contributed by atoms with Crippen molar-refractivity contribution >= 4 is 17.6 Å². The number of anilines is 1. The van der Waals surface area contributed by atoms with E-state index >= 15 is 0 Å². The van der Waals surface area contributed by atoms with E-state index in [1.807, 2.05) is 0 Å². The van der Waals surface area contributed by atoms with Crippen LogP contribution in [0.2, 0.25) is 0 Å². The summed E-state index contributed by atoms with van der Waals surface area (Å²) < 4.78 is 37.7. The van der Waals surface area contributed by atoms with Gasteiger partial charge in [0, 0.05) is 11.8 Å². The first kappa shape index (κ1) is 21.9. The lowest BCUT2D eigenvalue weighted by molar-refractivity contribution is -0.146. The smallest absolute Gasteiger partial charge is 0.344 e. The number of carbonyl (C=O) groups excluding carboxylic acids is 2. The van der Waals surface area contributed by atoms with Crippen LogP contribution in [-0.2, 0) is 9.53 Å². The van der Waals surface area contributed by atoms with Gasteiger partial charge in [-0.05, 0) is 47.5 Å². The summed E-state index contributed by atoms with van der Waals surface area (Å²) >= 11 is 0. The molecule has 0 radical (unpaired) electrons. The molecule has 0 fully saturated rings. The number of aliphatic hydroxyl groups is 1. The Morgan fingerprint density at radius 3 is 2.48 bits per heavy atom. The third-order valence-corrected chi connectivity index (χ3v) is 4.17. The van der Waals surface area contributed by atoms with Crippen molar-refractivity contribution in [1.82, 2.24) is 0 Å². The number of nitrogens with one attached hydrogen (secondary N) is 1. The molecule has 3 rings (SSSR count). The molecule has 0 spiro atoms. The largest absolute Gasteiger partial charge is 0.482 e. The summed E-state index contributed by atoms with van der Waals surface area (Å²) in [7, 11) is 0. The minimum Gasteiger partial charge on any atom is -0.482 e. The van der Waals surface area contributed by atoms with Crippen molar-refractivity contribution in [2.24, 2.45) is 0 Å². The van der Waals surface area contributed by atoms with E-state index in [9.17, 15) is 18.4 Å². The predicted molar refractivity (Wildman–Crippen MR) is 110 cm³/mol. The van der Waals surface area contributed by atoms with Gasteiger partial charge in [-0.2, -0.15) is 0 Å². The molecular formula is C23H19F2NO5. The molecule has 0 saturated carbocycles. The number of aliphatic hydroxyl groups excluding tert-OH is 1. The monoisotopic (exact) mass is 427 g/mol. The number of esters is 1. The van der Waals surface area contributed by atoms with Gasteiger partial charge in [-0.25, -0.2) is 13.6 Å². The Morgan fingerprint density at radius 2 is 1.71 bits per heavy atom. The van der Waals surface area contributed by atoms with E-state index in [1.165, 1.54) is 36.4 Å². The Labute approximate surface area is 177 Å². The summed E-state index contributed by atoms with van der Waals surface area (Å²) in [6.07, 6.45) is 0. The van der Waals surface area contributed by atoms with Gasteiger partial charge >= 0.3 is 5.97 Å². The number of benzene rings is 3. The number of ether oxygens (including phenoxy) is 2. The number of halogens is 2. The van der Waals surface area contributed by atoms with Crippen molar-refractivity contribution in [3.8, 4) is 16.9 Å². The highest BCUT2D eigenvalue weighted by atomic mass is 19.1. The standard InChI is InChI=1S/C23H19F2NO5/c24-17-4-1-3-15(11-17)16-7-8-21(25)20(12-16)23(29)26-18-5-2-6-19(13-18)31-14-22(28)30-10-9-27/h1-8,11-13,27H,9-10,14H2,(H,26,29). The maximum Gasteiger partial charge on any atom is 0.344 e. The van der Waals surface area contributed by atoms with Gasteiger partial charge in [0.05, 0.1) is 12.2 Å². The number of hydrogen-bond donors (Lipinski definition) is 2. The predicted octanol–water partition coefficient (Wildman–Crippen LogP) is 3.80. The van der Waals surface area contributed by atoms with Crippen LogP contribution in [0, 0.1) is 11.6 Å². The fraction of sp³-hybridized carbons (Fsp3) is 0.130. The lowest BCUT2D eigenvalue weighted by Gasteiger charge is -2.11. The Morgan fingerprint density at radius 1 is 0.935 bits per heavy atom. The van der Waals surface area contributed by atoms with Gasteiger partial charge in [-0.1, -0.05) is 24.3 Å². The van der Waals surface area contributed by atoms with Gasteiger partial charge in [-0.3, -0.25) is 4.79 Å². The molecule has 6 nitrogen and oxygen atoms in total. The molecule has 8 heteroatoms. The first-order valence-corrected chi connectivity index (χ1v) is 9.32. The van der Waals surface area contributed by atoms with Crippen molar-refractivity contribution in [3.63, 3.8) is 0 Å². The molecule has 0 atom stereocenters. The fourth-order valence-corrected chi connectivity index (χ4v) is 2.75. The summed E-state index contributed by atoms with van der Waals surface area (Å²) in [5.41, 5.74) is 1.12. The third-order valence-electron chi connectivity index (χ3n) is 4.17. The van der Waals surface area contributed by atoms with E-state index in [1.54, 1.807) is 24.3 Å². The van der Waals surface area contributed by atoms with Crippen LogP contribution in [0.5, 0.6) is 5.75 Å². The maximum absolute atomic E-state index is 14.3. The van der Waals surface area contributed by atoms with E-state index in [4.69, 9.17) is 9.84 Å². The van der Waals surface area contributed by atoms with Crippen molar-refractivity contribution < 1.29 is 33.0 Å². The fourth-order valence-electron chi connectivity index (χ4n) is 2.75. The molecule has 0 aliphatic carbocycles. The van der Waals surface area contributed by atoms with Crippen molar-refractivity contribution in [2.75, 3.05) is 25.1 Å². The molecule has 0 aliphatic rings. The lowest BCUT2D eigenvalue weighted by Crippen LogP contribution is -2.17. The highest BCUT2D eigenvalue weighted by Gasteiger charge is 2.14. The molecule has 3 aromatic carbocycles. The minimum atomic E-state index is -0.725. The normalized spacial score (nSPS) is 10.4. The molecule has 0 aromatic heterocycles. The van der Waals surface area contributed by atoms with E-state index < -0.39 is 23.5 Å². The van der Waals surface area contributed by atoms with Gasteiger partial charge in [0.25, 0.3) is 5.91 Å². The topological polar surface area (TPSA) is 84.9 Å². The Bertz CT molecular complexity index is 1090. The Hall–Kier alpha value is -3.78.